The molecule has 16 heavy (non-hydrogen) atoms. The van der Waals surface area contributed by atoms with E-state index < -0.39 is 10.0 Å². The van der Waals surface area contributed by atoms with Crippen LogP contribution in [0.15, 0.2) is 33.6 Å². The Labute approximate surface area is 99.8 Å². The number of benzene rings is 1. The first-order chi connectivity index (χ1) is 7.60. The molecule has 0 bridgehead atoms. The second kappa shape index (κ2) is 5.91. The second-order valence-electron chi connectivity index (χ2n) is 2.82. The van der Waals surface area contributed by atoms with Gasteiger partial charge in [-0.15, -0.1) is 11.8 Å². The molecule has 0 radical (unpaired) electrons. The molecule has 0 amide bonds. The molecular formula is C10H13NO3S2. The van der Waals surface area contributed by atoms with Gasteiger partial charge in [0.05, 0.1) is 17.6 Å². The lowest BCUT2D eigenvalue weighted by Crippen LogP contribution is -1.96. The molecule has 0 aromatic heterocycles. The van der Waals surface area contributed by atoms with E-state index in [9.17, 15) is 8.42 Å². The van der Waals surface area contributed by atoms with E-state index in [1.807, 2.05) is 6.92 Å². The predicted octanol–water partition coefficient (Wildman–Crippen LogP) is 2.17. The molecule has 0 saturated heterocycles. The number of hydrogen-bond acceptors (Lipinski definition) is 4. The first-order valence-electron chi connectivity index (χ1n) is 4.64. The third-order valence-corrected chi connectivity index (χ3v) is 3.75. The predicted molar refractivity (Wildman–Crippen MR) is 66.8 cm³/mol. The van der Waals surface area contributed by atoms with E-state index in [2.05, 4.69) is 4.40 Å². The summed E-state index contributed by atoms with van der Waals surface area (Å²) >= 11 is 1.34. The minimum atomic E-state index is -3.56. The molecule has 0 unspecified atom stereocenters. The van der Waals surface area contributed by atoms with Crippen molar-refractivity contribution in [3.8, 4) is 5.75 Å². The molecule has 1 aromatic carbocycles. The van der Waals surface area contributed by atoms with Gasteiger partial charge in [-0.1, -0.05) is 6.92 Å². The van der Waals surface area contributed by atoms with Gasteiger partial charge in [0.1, 0.15) is 5.75 Å². The van der Waals surface area contributed by atoms with Gasteiger partial charge in [-0.3, -0.25) is 0 Å². The minimum absolute atomic E-state index is 0.168. The maximum Gasteiger partial charge on any atom is 0.282 e. The molecule has 0 aliphatic carbocycles. The van der Waals surface area contributed by atoms with E-state index in [0.717, 1.165) is 5.75 Å². The van der Waals surface area contributed by atoms with Crippen LogP contribution in [0.2, 0.25) is 0 Å². The summed E-state index contributed by atoms with van der Waals surface area (Å²) in [7, 11) is -2.04. The van der Waals surface area contributed by atoms with Crippen molar-refractivity contribution in [1.82, 2.24) is 0 Å². The Morgan fingerprint density at radius 3 is 2.50 bits per heavy atom. The molecule has 0 heterocycles. The van der Waals surface area contributed by atoms with Crippen LogP contribution in [0.4, 0.5) is 0 Å². The lowest BCUT2D eigenvalue weighted by Gasteiger charge is -2.01. The zero-order valence-electron chi connectivity index (χ0n) is 9.08. The number of thioether (sulfide) groups is 1. The topological polar surface area (TPSA) is 55.7 Å². The standard InChI is InChI=1S/C10H13NO3S2/c1-3-15-8-11-16(12,13)10-6-4-9(14-2)5-7-10/h4-8H,3H2,1-2H3. The van der Waals surface area contributed by atoms with E-state index in [4.69, 9.17) is 4.74 Å². The monoisotopic (exact) mass is 259 g/mol. The second-order valence-corrected chi connectivity index (χ2v) is 5.57. The number of nitrogens with zero attached hydrogens (tertiary/aromatic N) is 1. The van der Waals surface area contributed by atoms with E-state index in [-0.39, 0.29) is 4.90 Å². The molecule has 0 saturated carbocycles. The normalized spacial score (nSPS) is 11.9. The van der Waals surface area contributed by atoms with Crippen LogP contribution in [0.5, 0.6) is 5.75 Å². The van der Waals surface area contributed by atoms with Crippen molar-refractivity contribution in [1.29, 1.82) is 0 Å². The SMILES string of the molecule is CCSC=NS(=O)(=O)c1ccc(OC)cc1. The van der Waals surface area contributed by atoms with Crippen molar-refractivity contribution in [2.75, 3.05) is 12.9 Å². The molecular weight excluding hydrogens is 246 g/mol. The summed E-state index contributed by atoms with van der Waals surface area (Å²) in [6.45, 7) is 1.93. The average molecular weight is 259 g/mol. The molecule has 0 fully saturated rings. The van der Waals surface area contributed by atoms with E-state index in [1.165, 1.54) is 36.6 Å². The van der Waals surface area contributed by atoms with Crippen LogP contribution < -0.4 is 4.74 Å². The summed E-state index contributed by atoms with van der Waals surface area (Å²) in [5, 5.41) is 0. The first-order valence-corrected chi connectivity index (χ1v) is 7.13. The Kier molecular flexibility index (Phi) is 4.82. The van der Waals surface area contributed by atoms with Gasteiger partial charge in [-0.05, 0) is 30.0 Å². The summed E-state index contributed by atoms with van der Waals surface area (Å²) in [5.74, 6) is 1.41. The van der Waals surface area contributed by atoms with Crippen molar-refractivity contribution in [2.45, 2.75) is 11.8 Å². The van der Waals surface area contributed by atoms with Crippen LogP contribution in [0.1, 0.15) is 6.92 Å². The zero-order chi connectivity index (χ0) is 12.0. The number of rotatable bonds is 5. The maximum atomic E-state index is 11.7. The fraction of sp³-hybridized carbons (Fsp3) is 0.300. The van der Waals surface area contributed by atoms with Crippen molar-refractivity contribution < 1.29 is 13.2 Å². The van der Waals surface area contributed by atoms with Crippen LogP contribution in [0.3, 0.4) is 0 Å². The third-order valence-electron chi connectivity index (χ3n) is 1.78. The van der Waals surface area contributed by atoms with Crippen LogP contribution in [-0.2, 0) is 10.0 Å². The largest absolute Gasteiger partial charge is 0.497 e. The van der Waals surface area contributed by atoms with Gasteiger partial charge in [0.25, 0.3) is 10.0 Å². The van der Waals surface area contributed by atoms with Gasteiger partial charge in [0, 0.05) is 0 Å². The summed E-state index contributed by atoms with van der Waals surface area (Å²) in [4.78, 5) is 0.168. The highest BCUT2D eigenvalue weighted by molar-refractivity contribution is 8.12. The number of sulfonamides is 1. The Bertz CT molecular complexity index is 451. The van der Waals surface area contributed by atoms with Gasteiger partial charge < -0.3 is 4.74 Å². The maximum absolute atomic E-state index is 11.7. The van der Waals surface area contributed by atoms with Gasteiger partial charge in [-0.25, -0.2) is 0 Å². The third kappa shape index (κ3) is 3.53. The van der Waals surface area contributed by atoms with Crippen LogP contribution in [0, 0.1) is 0 Å². The summed E-state index contributed by atoms with van der Waals surface area (Å²) in [6, 6.07) is 6.13. The van der Waals surface area contributed by atoms with Crippen LogP contribution in [0.25, 0.3) is 0 Å². The molecule has 6 heteroatoms. The smallest absolute Gasteiger partial charge is 0.282 e. The molecule has 1 aromatic rings. The molecule has 0 spiro atoms. The lowest BCUT2D eigenvalue weighted by molar-refractivity contribution is 0.414. The molecule has 88 valence electrons. The van der Waals surface area contributed by atoms with Crippen molar-refractivity contribution in [3.05, 3.63) is 24.3 Å². The van der Waals surface area contributed by atoms with Crippen LogP contribution in [-0.4, -0.2) is 26.8 Å². The highest BCUT2D eigenvalue weighted by Crippen LogP contribution is 2.17. The van der Waals surface area contributed by atoms with E-state index in [0.29, 0.717) is 5.75 Å². The lowest BCUT2D eigenvalue weighted by atomic mass is 10.3. The minimum Gasteiger partial charge on any atom is -0.497 e. The van der Waals surface area contributed by atoms with Gasteiger partial charge in [0.2, 0.25) is 0 Å². The van der Waals surface area contributed by atoms with Gasteiger partial charge in [0.15, 0.2) is 0 Å². The van der Waals surface area contributed by atoms with Gasteiger partial charge >= 0.3 is 0 Å². The molecule has 0 N–H and O–H groups in total. The number of hydrogen-bond donors (Lipinski definition) is 0. The molecule has 4 nitrogen and oxygen atoms in total. The van der Waals surface area contributed by atoms with Crippen molar-refractivity contribution in [3.63, 3.8) is 0 Å². The molecule has 1 rings (SSSR count). The Morgan fingerprint density at radius 1 is 1.38 bits per heavy atom. The van der Waals surface area contributed by atoms with Crippen molar-refractivity contribution in [2.24, 2.45) is 4.40 Å². The average Bonchev–Trinajstić information content (AvgIpc) is 2.29. The molecule has 0 aliphatic rings. The first kappa shape index (κ1) is 13.1. The van der Waals surface area contributed by atoms with Crippen LogP contribution >= 0.6 is 11.8 Å². The molecule has 0 aliphatic heterocycles. The van der Waals surface area contributed by atoms with E-state index in [1.54, 1.807) is 12.1 Å². The quantitative estimate of drug-likeness (QED) is 0.600. The van der Waals surface area contributed by atoms with Gasteiger partial charge in [-0.2, -0.15) is 12.8 Å². The summed E-state index contributed by atoms with van der Waals surface area (Å²) in [6.07, 6.45) is 0. The zero-order valence-corrected chi connectivity index (χ0v) is 10.7. The van der Waals surface area contributed by atoms with Crippen molar-refractivity contribution >= 4 is 27.3 Å². The number of ether oxygens (including phenoxy) is 1. The molecule has 0 atom stereocenters. The highest BCUT2D eigenvalue weighted by atomic mass is 32.2. The summed E-state index contributed by atoms with van der Waals surface area (Å²) < 4.78 is 31.8. The Morgan fingerprint density at radius 2 is 2.00 bits per heavy atom. The fourth-order valence-corrected chi connectivity index (χ4v) is 2.42. The van der Waals surface area contributed by atoms with E-state index >= 15 is 0 Å². The highest BCUT2D eigenvalue weighted by Gasteiger charge is 2.10. The fourth-order valence-electron chi connectivity index (χ4n) is 0.970. The Hall–Kier alpha value is -1.01. The summed E-state index contributed by atoms with van der Waals surface area (Å²) in [5.41, 5.74) is 1.35. The Balaban J connectivity index is 2.90. The number of methoxy groups -OCH3 is 1.